The molecule has 0 atom stereocenters. The zero-order valence-corrected chi connectivity index (χ0v) is 19.5. The van der Waals surface area contributed by atoms with E-state index in [9.17, 15) is 9.13 Å². The molecule has 140 valence electrons. The second kappa shape index (κ2) is 18.4. The summed E-state index contributed by atoms with van der Waals surface area (Å²) in [6, 6.07) is 0. The van der Waals surface area contributed by atoms with Gasteiger partial charge in [-0.15, -0.1) is 0 Å². The Morgan fingerprint density at radius 1 is 0.565 bits per heavy atom. The van der Waals surface area contributed by atoms with E-state index in [2.05, 4.69) is 13.8 Å². The van der Waals surface area contributed by atoms with E-state index >= 15 is 0 Å². The summed E-state index contributed by atoms with van der Waals surface area (Å²) in [4.78, 5) is 33.9. The van der Waals surface area contributed by atoms with Crippen molar-refractivity contribution in [2.75, 3.05) is 12.3 Å². The Hall–Kier alpha value is 1.65. The zero-order chi connectivity index (χ0) is 17.5. The smallest absolute Gasteiger partial charge is 0.324 e. The molecule has 6 nitrogen and oxygen atoms in total. The molecule has 4 N–H and O–H groups in total. The Balaban J connectivity index is -0.000000333. The largest absolute Gasteiger partial charge is 0.325 e. The second-order valence-corrected chi connectivity index (χ2v) is 9.16. The van der Waals surface area contributed by atoms with Crippen molar-refractivity contribution in [3.05, 3.63) is 0 Å². The van der Waals surface area contributed by atoms with Crippen LogP contribution >= 0.6 is 15.2 Å². The van der Waals surface area contributed by atoms with Crippen molar-refractivity contribution in [1.29, 1.82) is 0 Å². The molecular weight excluding hydrogens is 470 g/mol. The van der Waals surface area contributed by atoms with Crippen molar-refractivity contribution in [2.45, 2.75) is 78.1 Å². The van der Waals surface area contributed by atoms with Crippen LogP contribution in [0.15, 0.2) is 0 Å². The Morgan fingerprint density at radius 2 is 0.826 bits per heavy atom. The summed E-state index contributed by atoms with van der Waals surface area (Å²) in [5, 5.41) is 0. The minimum absolute atomic E-state index is 0. The molecule has 0 aromatic carbocycles. The average molecular weight is 505 g/mol. The van der Waals surface area contributed by atoms with Crippen molar-refractivity contribution in [3.63, 3.8) is 0 Å². The van der Waals surface area contributed by atoms with Gasteiger partial charge < -0.3 is 19.6 Å². The first-order valence-corrected chi connectivity index (χ1v) is 11.8. The third-order valence-electron chi connectivity index (χ3n) is 3.11. The SMILES string of the molecule is CCCCCCCP(=O)(O)O.CCCCCCCP(=O)(O)O.[Nd]. The van der Waals surface area contributed by atoms with Crippen LogP contribution < -0.4 is 0 Å². The Bertz CT molecular complexity index is 297. The van der Waals surface area contributed by atoms with Crippen LogP contribution in [-0.2, 0) is 9.13 Å². The normalized spacial score (nSPS) is 11.4. The molecule has 0 unspecified atom stereocenters. The summed E-state index contributed by atoms with van der Waals surface area (Å²) in [6.45, 7) is 4.23. The van der Waals surface area contributed by atoms with Crippen molar-refractivity contribution in [2.24, 2.45) is 0 Å². The molecular formula is C14H34NdO6P2. The molecule has 0 rings (SSSR count). The quantitative estimate of drug-likeness (QED) is 0.233. The topological polar surface area (TPSA) is 115 Å². The minimum Gasteiger partial charge on any atom is -0.324 e. The van der Waals surface area contributed by atoms with Gasteiger partial charge in [-0.3, -0.25) is 9.13 Å². The molecule has 0 radical (unpaired) electrons. The van der Waals surface area contributed by atoms with Crippen molar-refractivity contribution in [1.82, 2.24) is 0 Å². The predicted octanol–water partition coefficient (Wildman–Crippen LogP) is 4.27. The molecule has 0 aromatic heterocycles. The van der Waals surface area contributed by atoms with Crippen LogP contribution in [0.3, 0.4) is 0 Å². The van der Waals surface area contributed by atoms with E-state index < -0.39 is 15.2 Å². The number of hydrogen-bond acceptors (Lipinski definition) is 2. The molecule has 0 aromatic rings. The van der Waals surface area contributed by atoms with Crippen LogP contribution in [0.25, 0.3) is 0 Å². The van der Waals surface area contributed by atoms with Crippen molar-refractivity contribution >= 4 is 15.2 Å². The van der Waals surface area contributed by atoms with Crippen LogP contribution in [0.1, 0.15) is 78.1 Å². The van der Waals surface area contributed by atoms with Crippen LogP contribution in [-0.4, -0.2) is 31.9 Å². The van der Waals surface area contributed by atoms with Gasteiger partial charge in [0.1, 0.15) is 0 Å². The maximum atomic E-state index is 10.4. The number of rotatable bonds is 12. The third-order valence-corrected chi connectivity index (χ3v) is 4.90. The van der Waals surface area contributed by atoms with Crippen LogP contribution in [0, 0.1) is 40.8 Å². The Labute approximate surface area is 174 Å². The summed E-state index contributed by atoms with van der Waals surface area (Å²) >= 11 is 0. The first-order chi connectivity index (χ1) is 10.1. The van der Waals surface area contributed by atoms with E-state index in [1.165, 1.54) is 12.8 Å². The maximum absolute atomic E-state index is 10.4. The van der Waals surface area contributed by atoms with Gasteiger partial charge in [-0.25, -0.2) is 0 Å². The average Bonchev–Trinajstić information content (AvgIpc) is 2.36. The molecule has 9 heteroatoms. The van der Waals surface area contributed by atoms with Gasteiger partial charge in [0.25, 0.3) is 0 Å². The fourth-order valence-electron chi connectivity index (χ4n) is 1.84. The van der Waals surface area contributed by atoms with Crippen molar-refractivity contribution in [3.8, 4) is 0 Å². The van der Waals surface area contributed by atoms with Crippen LogP contribution in [0.4, 0.5) is 0 Å². The molecule has 0 fully saturated rings. The summed E-state index contributed by atoms with van der Waals surface area (Å²) in [5.74, 6) is 0. The Morgan fingerprint density at radius 3 is 1.04 bits per heavy atom. The molecule has 0 saturated carbocycles. The third kappa shape index (κ3) is 35.6. The minimum atomic E-state index is -3.71. The summed E-state index contributed by atoms with van der Waals surface area (Å²) in [6.07, 6.45) is 10.2. The molecule has 0 heterocycles. The van der Waals surface area contributed by atoms with Gasteiger partial charge >= 0.3 is 15.2 Å². The molecule has 0 bridgehead atoms. The van der Waals surface area contributed by atoms with Gasteiger partial charge in [-0.2, -0.15) is 0 Å². The second-order valence-electron chi connectivity index (χ2n) is 5.61. The fourth-order valence-corrected chi connectivity index (χ4v) is 3.11. The van der Waals surface area contributed by atoms with Gasteiger partial charge in [0.2, 0.25) is 0 Å². The molecule has 23 heavy (non-hydrogen) atoms. The maximum Gasteiger partial charge on any atom is 0.325 e. The van der Waals surface area contributed by atoms with Gasteiger partial charge in [-0.05, 0) is 12.8 Å². The summed E-state index contributed by atoms with van der Waals surface area (Å²) in [7, 11) is -7.43. The van der Waals surface area contributed by atoms with Gasteiger partial charge in [0.15, 0.2) is 0 Å². The molecule has 0 aliphatic heterocycles. The molecule has 0 aliphatic carbocycles. The Kier molecular flexibility index (Phi) is 23.6. The van der Waals surface area contributed by atoms with E-state index in [-0.39, 0.29) is 53.2 Å². The molecule has 0 spiro atoms. The van der Waals surface area contributed by atoms with E-state index in [1.54, 1.807) is 0 Å². The molecule has 0 saturated heterocycles. The molecule has 0 aliphatic rings. The van der Waals surface area contributed by atoms with Crippen molar-refractivity contribution < 1.29 is 69.5 Å². The monoisotopic (exact) mass is 502 g/mol. The van der Waals surface area contributed by atoms with Gasteiger partial charge in [-0.1, -0.05) is 65.2 Å². The van der Waals surface area contributed by atoms with Crippen LogP contribution in [0.2, 0.25) is 0 Å². The van der Waals surface area contributed by atoms with Crippen LogP contribution in [0.5, 0.6) is 0 Å². The number of unbranched alkanes of at least 4 members (excludes halogenated alkanes) is 8. The first-order valence-electron chi connectivity index (χ1n) is 8.21. The van der Waals surface area contributed by atoms with E-state index in [0.29, 0.717) is 12.8 Å². The first kappa shape index (κ1) is 29.4. The predicted molar refractivity (Wildman–Crippen MR) is 91.3 cm³/mol. The number of hydrogen-bond donors (Lipinski definition) is 4. The molecule has 0 amide bonds. The summed E-state index contributed by atoms with van der Waals surface area (Å²) < 4.78 is 20.7. The van der Waals surface area contributed by atoms with E-state index in [4.69, 9.17) is 19.6 Å². The van der Waals surface area contributed by atoms with E-state index in [0.717, 1.165) is 38.5 Å². The summed E-state index contributed by atoms with van der Waals surface area (Å²) in [5.41, 5.74) is 0. The fraction of sp³-hybridized carbons (Fsp3) is 1.00. The van der Waals surface area contributed by atoms with Gasteiger partial charge in [0, 0.05) is 53.2 Å². The zero-order valence-electron chi connectivity index (χ0n) is 14.5. The standard InChI is InChI=1S/2C7H17O3P.Nd/c2*1-2-3-4-5-6-7-11(8,9)10;/h2*2-7H2,1H3,(H2,8,9,10);. The van der Waals surface area contributed by atoms with E-state index in [1.807, 2.05) is 0 Å². The van der Waals surface area contributed by atoms with Gasteiger partial charge in [0.05, 0.1) is 0 Å².